The van der Waals surface area contributed by atoms with Crippen LogP contribution in [0.15, 0.2) is 24.3 Å². The van der Waals surface area contributed by atoms with Crippen LogP contribution < -0.4 is 0 Å². The molecule has 126 valence electrons. The minimum Gasteiger partial charge on any atom is -0.457 e. The number of Topliss-reactive ketones (excluding diaryl/α,β-unsaturated/α-hetero) is 1. The Morgan fingerprint density at radius 3 is 2.71 bits per heavy atom. The van der Waals surface area contributed by atoms with E-state index in [4.69, 9.17) is 4.74 Å². The number of ketones is 1. The minimum atomic E-state index is -0.378. The number of hydrogen-bond donors (Lipinski definition) is 0. The van der Waals surface area contributed by atoms with Crippen LogP contribution in [0.25, 0.3) is 0 Å². The number of carbonyl (C=O) groups is 2. The second-order valence-electron chi connectivity index (χ2n) is 6.32. The Morgan fingerprint density at radius 2 is 1.96 bits per heavy atom. The fourth-order valence-electron chi connectivity index (χ4n) is 3.15. The Balaban J connectivity index is 1.49. The van der Waals surface area contributed by atoms with Gasteiger partial charge in [0.25, 0.3) is 0 Å². The molecule has 0 atom stereocenters. The first-order valence-electron chi connectivity index (χ1n) is 8.34. The van der Waals surface area contributed by atoms with E-state index in [-0.39, 0.29) is 24.8 Å². The zero-order chi connectivity index (χ0) is 17.1. The van der Waals surface area contributed by atoms with Crippen molar-refractivity contribution in [3.05, 3.63) is 52.3 Å². The van der Waals surface area contributed by atoms with E-state index in [1.54, 1.807) is 4.68 Å². The van der Waals surface area contributed by atoms with Crippen LogP contribution in [0.2, 0.25) is 0 Å². The summed E-state index contributed by atoms with van der Waals surface area (Å²) in [5, 5.41) is 4.30. The van der Waals surface area contributed by atoms with Crippen LogP contribution in [0.5, 0.6) is 0 Å². The molecule has 0 spiro atoms. The van der Waals surface area contributed by atoms with Crippen molar-refractivity contribution in [3.8, 4) is 0 Å². The number of fused-ring (bicyclic) bond motifs is 1. The molecule has 0 aliphatic heterocycles. The Morgan fingerprint density at radius 1 is 1.17 bits per heavy atom. The average molecular weight is 326 g/mol. The molecule has 1 heterocycles. The van der Waals surface area contributed by atoms with Gasteiger partial charge in [0.2, 0.25) is 0 Å². The molecule has 1 aliphatic rings. The molecule has 0 saturated carbocycles. The molecule has 1 aromatic carbocycles. The molecule has 0 amide bonds. The highest BCUT2D eigenvalue weighted by Gasteiger charge is 2.15. The molecule has 5 nitrogen and oxygen atoms in total. The summed E-state index contributed by atoms with van der Waals surface area (Å²) in [5.74, 6) is -0.527. The highest BCUT2D eigenvalue weighted by atomic mass is 16.5. The lowest BCUT2D eigenvalue weighted by molar-refractivity contribution is -0.142. The molecule has 24 heavy (non-hydrogen) atoms. The number of esters is 1. The van der Waals surface area contributed by atoms with E-state index >= 15 is 0 Å². The normalized spacial score (nSPS) is 12.9. The van der Waals surface area contributed by atoms with Crippen LogP contribution in [0.1, 0.15) is 45.7 Å². The Labute approximate surface area is 141 Å². The number of carbonyl (C=O) groups excluding carboxylic acids is 2. The van der Waals surface area contributed by atoms with Gasteiger partial charge in [-0.15, -0.1) is 0 Å². The lowest BCUT2D eigenvalue weighted by Gasteiger charge is -2.07. The summed E-state index contributed by atoms with van der Waals surface area (Å²) in [4.78, 5) is 24.0. The summed E-state index contributed by atoms with van der Waals surface area (Å²) < 4.78 is 6.89. The summed E-state index contributed by atoms with van der Waals surface area (Å²) in [6.07, 6.45) is 3.47. The molecular formula is C19H22N2O3. The molecule has 0 radical (unpaired) electrons. The highest BCUT2D eigenvalue weighted by Crippen LogP contribution is 2.23. The molecule has 5 heteroatoms. The van der Waals surface area contributed by atoms with Gasteiger partial charge in [-0.3, -0.25) is 14.3 Å². The summed E-state index contributed by atoms with van der Waals surface area (Å²) in [6, 6.07) is 7.74. The van der Waals surface area contributed by atoms with Crippen molar-refractivity contribution >= 4 is 11.8 Å². The second-order valence-corrected chi connectivity index (χ2v) is 6.32. The molecule has 0 unspecified atom stereocenters. The number of rotatable bonds is 6. The third-order valence-corrected chi connectivity index (χ3v) is 4.42. The van der Waals surface area contributed by atoms with Gasteiger partial charge in [0, 0.05) is 11.3 Å². The maximum absolute atomic E-state index is 12.2. The van der Waals surface area contributed by atoms with E-state index in [0.717, 1.165) is 30.7 Å². The van der Waals surface area contributed by atoms with Gasteiger partial charge in [-0.1, -0.05) is 12.1 Å². The predicted molar refractivity (Wildman–Crippen MR) is 90.1 cm³/mol. The summed E-state index contributed by atoms with van der Waals surface area (Å²) in [7, 11) is 0. The smallest absolute Gasteiger partial charge is 0.308 e. The minimum absolute atomic E-state index is 0.149. The topological polar surface area (TPSA) is 61.2 Å². The standard InChI is InChI=1S/C19H22N2O3/c1-13-10-14(2)21(20-13)9-8-19(23)24-12-18(22)17-7-6-15-4-3-5-16(15)11-17/h6-7,10-11H,3-5,8-9,12H2,1-2H3. The number of ether oxygens (including phenoxy) is 1. The third-order valence-electron chi connectivity index (χ3n) is 4.42. The second kappa shape index (κ2) is 6.99. The quantitative estimate of drug-likeness (QED) is 0.605. The van der Waals surface area contributed by atoms with E-state index in [9.17, 15) is 9.59 Å². The Hall–Kier alpha value is -2.43. The van der Waals surface area contributed by atoms with E-state index < -0.39 is 0 Å². The highest BCUT2D eigenvalue weighted by molar-refractivity contribution is 5.98. The van der Waals surface area contributed by atoms with Crippen LogP contribution in [0, 0.1) is 13.8 Å². The molecule has 1 aliphatic carbocycles. The van der Waals surface area contributed by atoms with Gasteiger partial charge in [-0.05, 0) is 56.4 Å². The van der Waals surface area contributed by atoms with Crippen molar-refractivity contribution in [2.75, 3.05) is 6.61 Å². The Kier molecular flexibility index (Phi) is 4.79. The Bertz CT molecular complexity index is 777. The van der Waals surface area contributed by atoms with E-state index in [1.807, 2.05) is 38.1 Å². The van der Waals surface area contributed by atoms with Gasteiger partial charge >= 0.3 is 5.97 Å². The third kappa shape index (κ3) is 3.72. The molecule has 2 aromatic rings. The van der Waals surface area contributed by atoms with E-state index in [2.05, 4.69) is 5.10 Å². The van der Waals surface area contributed by atoms with Gasteiger partial charge < -0.3 is 4.74 Å². The first-order valence-corrected chi connectivity index (χ1v) is 8.34. The number of benzene rings is 1. The largest absolute Gasteiger partial charge is 0.457 e. The number of hydrogen-bond acceptors (Lipinski definition) is 4. The molecule has 0 saturated heterocycles. The lowest BCUT2D eigenvalue weighted by atomic mass is 10.0. The van der Waals surface area contributed by atoms with Crippen LogP contribution in [-0.2, 0) is 28.9 Å². The van der Waals surface area contributed by atoms with E-state index in [0.29, 0.717) is 12.1 Å². The van der Waals surface area contributed by atoms with Gasteiger partial charge in [-0.25, -0.2) is 0 Å². The maximum Gasteiger partial charge on any atom is 0.308 e. The van der Waals surface area contributed by atoms with Crippen LogP contribution in [0.4, 0.5) is 0 Å². The first-order chi connectivity index (χ1) is 11.5. The predicted octanol–water partition coefficient (Wildman–Crippen LogP) is 2.80. The van der Waals surface area contributed by atoms with Crippen molar-refractivity contribution in [1.82, 2.24) is 9.78 Å². The fourth-order valence-corrected chi connectivity index (χ4v) is 3.15. The summed E-state index contributed by atoms with van der Waals surface area (Å²) in [5.41, 5.74) is 5.13. The lowest BCUT2D eigenvalue weighted by Crippen LogP contribution is -2.16. The zero-order valence-electron chi connectivity index (χ0n) is 14.2. The van der Waals surface area contributed by atoms with Gasteiger partial charge in [-0.2, -0.15) is 5.10 Å². The molecular weight excluding hydrogens is 304 g/mol. The number of nitrogens with zero attached hydrogens (tertiary/aromatic N) is 2. The van der Waals surface area contributed by atoms with Crippen molar-refractivity contribution in [2.45, 2.75) is 46.1 Å². The average Bonchev–Trinajstić information content (AvgIpc) is 3.15. The zero-order valence-corrected chi connectivity index (χ0v) is 14.2. The van der Waals surface area contributed by atoms with Crippen LogP contribution in [-0.4, -0.2) is 28.1 Å². The van der Waals surface area contributed by atoms with Crippen molar-refractivity contribution < 1.29 is 14.3 Å². The summed E-state index contributed by atoms with van der Waals surface area (Å²) in [6.45, 7) is 4.13. The molecule has 1 aromatic heterocycles. The molecule has 0 N–H and O–H groups in total. The van der Waals surface area contributed by atoms with E-state index in [1.165, 1.54) is 11.1 Å². The first kappa shape index (κ1) is 16.4. The molecule has 0 bridgehead atoms. The van der Waals surface area contributed by atoms with Crippen molar-refractivity contribution in [3.63, 3.8) is 0 Å². The molecule has 0 fully saturated rings. The fraction of sp³-hybridized carbons (Fsp3) is 0.421. The molecule has 3 rings (SSSR count). The van der Waals surface area contributed by atoms with Crippen LogP contribution >= 0.6 is 0 Å². The monoisotopic (exact) mass is 326 g/mol. The number of aryl methyl sites for hydroxylation is 5. The summed E-state index contributed by atoms with van der Waals surface area (Å²) >= 11 is 0. The van der Waals surface area contributed by atoms with Gasteiger partial charge in [0.15, 0.2) is 12.4 Å². The van der Waals surface area contributed by atoms with Crippen LogP contribution in [0.3, 0.4) is 0 Å². The van der Waals surface area contributed by atoms with Crippen molar-refractivity contribution in [1.29, 1.82) is 0 Å². The number of aromatic nitrogens is 2. The SMILES string of the molecule is Cc1cc(C)n(CCC(=O)OCC(=O)c2ccc3c(c2)CCC3)n1. The van der Waals surface area contributed by atoms with Gasteiger partial charge in [0.05, 0.1) is 18.7 Å². The van der Waals surface area contributed by atoms with Gasteiger partial charge in [0.1, 0.15) is 0 Å². The maximum atomic E-state index is 12.2. The van der Waals surface area contributed by atoms with Crippen molar-refractivity contribution in [2.24, 2.45) is 0 Å².